The smallest absolute Gasteiger partial charge is 0.329 e. The molecule has 8 heteroatoms. The van der Waals surface area contributed by atoms with E-state index in [2.05, 4.69) is 4.90 Å². The van der Waals surface area contributed by atoms with E-state index in [9.17, 15) is 14.4 Å². The van der Waals surface area contributed by atoms with Crippen molar-refractivity contribution >= 4 is 46.7 Å². The van der Waals surface area contributed by atoms with Gasteiger partial charge in [-0.2, -0.15) is 0 Å². The van der Waals surface area contributed by atoms with Gasteiger partial charge >= 0.3 is 5.97 Å². The molecule has 0 radical (unpaired) electrons. The molecule has 1 atom stereocenters. The number of hydrogen-bond donors (Lipinski definition) is 0. The predicted molar refractivity (Wildman–Crippen MR) is 121 cm³/mol. The van der Waals surface area contributed by atoms with Gasteiger partial charge in [0.05, 0.1) is 17.7 Å². The number of fused-ring (bicyclic) bond motifs is 1. The van der Waals surface area contributed by atoms with E-state index in [1.165, 1.54) is 0 Å². The quantitative estimate of drug-likeness (QED) is 0.305. The number of benzene rings is 2. The maximum absolute atomic E-state index is 12.9. The summed E-state index contributed by atoms with van der Waals surface area (Å²) in [4.78, 5) is 41.6. The number of anilines is 1. The lowest BCUT2D eigenvalue weighted by molar-refractivity contribution is -0.147. The number of alkyl halides is 2. The third-order valence-corrected chi connectivity index (χ3v) is 5.47. The van der Waals surface area contributed by atoms with E-state index in [-0.39, 0.29) is 13.0 Å². The summed E-state index contributed by atoms with van der Waals surface area (Å²) < 4.78 is 5.19. The third kappa shape index (κ3) is 5.02. The Kier molecular flexibility index (Phi) is 7.93. The van der Waals surface area contributed by atoms with E-state index in [1.807, 2.05) is 24.3 Å². The van der Waals surface area contributed by atoms with Crippen LogP contribution in [0.3, 0.4) is 0 Å². The van der Waals surface area contributed by atoms with Crippen LogP contribution in [0, 0.1) is 0 Å². The lowest BCUT2D eigenvalue weighted by Gasteiger charge is -2.25. The summed E-state index contributed by atoms with van der Waals surface area (Å²) in [7, 11) is 0. The van der Waals surface area contributed by atoms with E-state index in [0.29, 0.717) is 36.0 Å². The summed E-state index contributed by atoms with van der Waals surface area (Å²) in [6, 6.07) is 13.1. The molecule has 2 aromatic rings. The molecule has 0 fully saturated rings. The van der Waals surface area contributed by atoms with Crippen molar-refractivity contribution in [1.82, 2.24) is 4.90 Å². The number of ether oxygens (including phenoxy) is 1. The molecule has 31 heavy (non-hydrogen) atoms. The standard InChI is InChI=1S/C23H24Cl2N2O4/c1-2-31-23(30)20(27-21(28)18-5-3-4-6-19(18)22(27)29)15-16-7-9-17(10-8-16)26(13-11-24)14-12-25/h3-10,20H,2,11-15H2,1H3/t20-/m0/s1. The lowest BCUT2D eigenvalue weighted by atomic mass is 10.0. The molecule has 0 unspecified atom stereocenters. The fourth-order valence-electron chi connectivity index (χ4n) is 3.65. The molecule has 1 heterocycles. The van der Waals surface area contributed by atoms with Crippen LogP contribution in [-0.2, 0) is 16.0 Å². The summed E-state index contributed by atoms with van der Waals surface area (Å²) in [5.41, 5.74) is 2.36. The molecule has 3 rings (SSSR count). The van der Waals surface area contributed by atoms with Crippen molar-refractivity contribution < 1.29 is 19.1 Å². The van der Waals surface area contributed by atoms with Crippen molar-refractivity contribution in [2.75, 3.05) is 36.4 Å². The van der Waals surface area contributed by atoms with Gasteiger partial charge in [0.25, 0.3) is 11.8 Å². The minimum absolute atomic E-state index is 0.156. The van der Waals surface area contributed by atoms with E-state index in [0.717, 1.165) is 16.2 Å². The Hall–Kier alpha value is -2.57. The first-order valence-electron chi connectivity index (χ1n) is 10.1. The number of halogens is 2. The second-order valence-corrected chi connectivity index (χ2v) is 7.79. The topological polar surface area (TPSA) is 66.9 Å². The average molecular weight is 463 g/mol. The highest BCUT2D eigenvalue weighted by molar-refractivity contribution is 6.22. The fraction of sp³-hybridized carbons (Fsp3) is 0.348. The minimum atomic E-state index is -1.04. The van der Waals surface area contributed by atoms with Crippen molar-refractivity contribution in [3.63, 3.8) is 0 Å². The third-order valence-electron chi connectivity index (χ3n) is 5.14. The summed E-state index contributed by atoms with van der Waals surface area (Å²) in [5.74, 6) is -0.615. The average Bonchev–Trinajstić information content (AvgIpc) is 3.03. The predicted octanol–water partition coefficient (Wildman–Crippen LogP) is 3.74. The number of carbonyl (C=O) groups is 3. The Morgan fingerprint density at radius 2 is 1.52 bits per heavy atom. The number of amides is 2. The minimum Gasteiger partial charge on any atom is -0.464 e. The first-order valence-corrected chi connectivity index (χ1v) is 11.2. The normalized spacial score (nSPS) is 13.8. The van der Waals surface area contributed by atoms with Crippen LogP contribution in [0.15, 0.2) is 48.5 Å². The van der Waals surface area contributed by atoms with Crippen LogP contribution < -0.4 is 4.90 Å². The number of hydrogen-bond acceptors (Lipinski definition) is 5. The molecule has 0 bridgehead atoms. The Balaban J connectivity index is 1.85. The maximum atomic E-state index is 12.9. The molecule has 0 aliphatic carbocycles. The number of nitrogens with zero attached hydrogens (tertiary/aromatic N) is 2. The molecule has 1 aliphatic rings. The summed E-state index contributed by atoms with van der Waals surface area (Å²) in [5, 5.41) is 0. The van der Waals surface area contributed by atoms with Gasteiger partial charge in [-0.25, -0.2) is 4.79 Å². The monoisotopic (exact) mass is 462 g/mol. The van der Waals surface area contributed by atoms with Crippen LogP contribution in [0.25, 0.3) is 0 Å². The van der Waals surface area contributed by atoms with Crippen molar-refractivity contribution in [2.24, 2.45) is 0 Å². The van der Waals surface area contributed by atoms with Gasteiger partial charge in [-0.05, 0) is 36.8 Å². The molecule has 0 spiro atoms. The second kappa shape index (κ2) is 10.6. The lowest BCUT2D eigenvalue weighted by Crippen LogP contribution is -2.47. The van der Waals surface area contributed by atoms with Crippen LogP contribution in [0.2, 0.25) is 0 Å². The van der Waals surface area contributed by atoms with Crippen molar-refractivity contribution in [3.05, 3.63) is 65.2 Å². The zero-order chi connectivity index (χ0) is 22.4. The van der Waals surface area contributed by atoms with Crippen molar-refractivity contribution in [3.8, 4) is 0 Å². The largest absolute Gasteiger partial charge is 0.464 e. The number of rotatable bonds is 10. The highest BCUT2D eigenvalue weighted by atomic mass is 35.5. The molecular weight excluding hydrogens is 439 g/mol. The van der Waals surface area contributed by atoms with Gasteiger partial charge in [0, 0.05) is 37.0 Å². The van der Waals surface area contributed by atoms with Gasteiger partial charge in [0.2, 0.25) is 0 Å². The zero-order valence-corrected chi connectivity index (χ0v) is 18.7. The molecular formula is C23H24Cl2N2O4. The van der Waals surface area contributed by atoms with Crippen molar-refractivity contribution in [1.29, 1.82) is 0 Å². The molecule has 164 valence electrons. The summed E-state index contributed by atoms with van der Waals surface area (Å²) in [6.07, 6.45) is 0.162. The van der Waals surface area contributed by atoms with Crippen molar-refractivity contribution in [2.45, 2.75) is 19.4 Å². The van der Waals surface area contributed by atoms with Gasteiger partial charge < -0.3 is 9.64 Å². The molecule has 0 aromatic heterocycles. The molecule has 0 saturated carbocycles. The number of imide groups is 1. The van der Waals surface area contributed by atoms with E-state index in [1.54, 1.807) is 31.2 Å². The number of carbonyl (C=O) groups excluding carboxylic acids is 3. The summed E-state index contributed by atoms with van der Waals surface area (Å²) >= 11 is 11.8. The molecule has 1 aliphatic heterocycles. The molecule has 6 nitrogen and oxygen atoms in total. The fourth-order valence-corrected chi connectivity index (χ4v) is 4.06. The Morgan fingerprint density at radius 3 is 2.00 bits per heavy atom. The van der Waals surface area contributed by atoms with Crippen LogP contribution in [0.5, 0.6) is 0 Å². The van der Waals surface area contributed by atoms with Crippen LogP contribution in [0.1, 0.15) is 33.2 Å². The molecule has 2 amide bonds. The Morgan fingerprint density at radius 1 is 0.968 bits per heavy atom. The number of esters is 1. The molecule has 0 saturated heterocycles. The van der Waals surface area contributed by atoms with Gasteiger partial charge in [-0.15, -0.1) is 23.2 Å². The SMILES string of the molecule is CCOC(=O)[C@H](Cc1ccc(N(CCCl)CCCl)cc1)N1C(=O)c2ccccc2C1=O. The maximum Gasteiger partial charge on any atom is 0.329 e. The van der Waals surface area contributed by atoms with E-state index >= 15 is 0 Å². The van der Waals surface area contributed by atoms with E-state index < -0.39 is 23.8 Å². The molecule has 0 N–H and O–H groups in total. The Bertz CT molecular complexity index is 908. The highest BCUT2D eigenvalue weighted by Gasteiger charge is 2.43. The zero-order valence-electron chi connectivity index (χ0n) is 17.2. The second-order valence-electron chi connectivity index (χ2n) is 7.03. The van der Waals surface area contributed by atoms with Crippen LogP contribution in [-0.4, -0.2) is 60.2 Å². The Labute approximate surface area is 191 Å². The van der Waals surface area contributed by atoms with Crippen LogP contribution in [0.4, 0.5) is 5.69 Å². The van der Waals surface area contributed by atoms with Crippen LogP contribution >= 0.6 is 23.2 Å². The first kappa shape index (κ1) is 23.1. The summed E-state index contributed by atoms with van der Waals surface area (Å²) in [6.45, 7) is 3.17. The van der Waals surface area contributed by atoms with Gasteiger partial charge in [-0.3, -0.25) is 14.5 Å². The first-order chi connectivity index (χ1) is 15.0. The van der Waals surface area contributed by atoms with E-state index in [4.69, 9.17) is 27.9 Å². The van der Waals surface area contributed by atoms with Gasteiger partial charge in [-0.1, -0.05) is 24.3 Å². The molecule has 2 aromatic carbocycles. The highest BCUT2D eigenvalue weighted by Crippen LogP contribution is 2.27. The van der Waals surface area contributed by atoms with Gasteiger partial charge in [0.1, 0.15) is 6.04 Å². The van der Waals surface area contributed by atoms with Gasteiger partial charge in [0.15, 0.2) is 0 Å².